The second-order valence-corrected chi connectivity index (χ2v) is 6.66. The van der Waals surface area contributed by atoms with Crippen LogP contribution in [0.1, 0.15) is 17.3 Å². The molecule has 0 saturated carbocycles. The van der Waals surface area contributed by atoms with Gasteiger partial charge in [-0.2, -0.15) is 0 Å². The Morgan fingerprint density at radius 1 is 1.04 bits per heavy atom. The van der Waals surface area contributed by atoms with Crippen LogP contribution in [0.25, 0.3) is 0 Å². The molecule has 1 N–H and O–H groups in total. The number of anilines is 2. The van der Waals surface area contributed by atoms with Crippen LogP contribution >= 0.6 is 23.2 Å². The van der Waals surface area contributed by atoms with Crippen LogP contribution in [0.5, 0.6) is 0 Å². The summed E-state index contributed by atoms with van der Waals surface area (Å²) in [5.41, 5.74) is 0.871. The van der Waals surface area contributed by atoms with Crippen LogP contribution < -0.4 is 10.2 Å². The van der Waals surface area contributed by atoms with Crippen molar-refractivity contribution in [3.8, 4) is 0 Å². The van der Waals surface area contributed by atoms with Gasteiger partial charge in [0, 0.05) is 51.2 Å². The van der Waals surface area contributed by atoms with Gasteiger partial charge in [-0.05, 0) is 18.2 Å². The summed E-state index contributed by atoms with van der Waals surface area (Å²) in [6.07, 6.45) is 2.96. The van der Waals surface area contributed by atoms with Gasteiger partial charge in [0.25, 0.3) is 5.91 Å². The smallest absolute Gasteiger partial charge is 0.258 e. The quantitative estimate of drug-likeness (QED) is 0.866. The maximum atomic E-state index is 12.3. The lowest BCUT2D eigenvalue weighted by atomic mass is 10.2. The number of aromatic nitrogens is 2. The molecule has 0 unspecified atom stereocenters. The van der Waals surface area contributed by atoms with Crippen molar-refractivity contribution in [2.75, 3.05) is 36.4 Å². The molecule has 1 fully saturated rings. The lowest BCUT2D eigenvalue weighted by molar-refractivity contribution is -0.129. The molecule has 2 amide bonds. The molecular weight excluding hydrogens is 377 g/mol. The number of halogens is 2. The fourth-order valence-corrected chi connectivity index (χ4v) is 2.90. The zero-order chi connectivity index (χ0) is 18.7. The van der Waals surface area contributed by atoms with Gasteiger partial charge in [-0.25, -0.2) is 9.97 Å². The lowest BCUT2D eigenvalue weighted by Gasteiger charge is -2.34. The Morgan fingerprint density at radius 2 is 1.69 bits per heavy atom. The summed E-state index contributed by atoms with van der Waals surface area (Å²) < 4.78 is 0. The molecule has 0 spiro atoms. The van der Waals surface area contributed by atoms with E-state index in [1.165, 1.54) is 12.4 Å². The van der Waals surface area contributed by atoms with E-state index in [2.05, 4.69) is 15.3 Å². The Hall–Kier alpha value is -2.38. The van der Waals surface area contributed by atoms with Crippen LogP contribution in [0.4, 0.5) is 11.6 Å². The average Bonchev–Trinajstić information content (AvgIpc) is 2.65. The summed E-state index contributed by atoms with van der Waals surface area (Å²) in [6, 6.07) is 4.85. The molecule has 1 saturated heterocycles. The molecular formula is C17H17Cl2N5O2. The number of nitrogens with one attached hydrogen (secondary N) is 1. The number of benzene rings is 1. The zero-order valence-corrected chi connectivity index (χ0v) is 15.6. The van der Waals surface area contributed by atoms with Crippen LogP contribution in [0, 0.1) is 0 Å². The van der Waals surface area contributed by atoms with Crippen molar-refractivity contribution >= 4 is 46.7 Å². The molecule has 1 aromatic heterocycles. The minimum atomic E-state index is -0.337. The highest BCUT2D eigenvalue weighted by molar-refractivity contribution is 6.42. The summed E-state index contributed by atoms with van der Waals surface area (Å²) in [5.74, 6) is 0.274. The Morgan fingerprint density at radius 3 is 2.27 bits per heavy atom. The maximum absolute atomic E-state index is 12.3. The molecule has 1 aromatic carbocycles. The van der Waals surface area contributed by atoms with Crippen molar-refractivity contribution in [2.45, 2.75) is 6.92 Å². The Balaban J connectivity index is 1.63. The molecule has 0 radical (unpaired) electrons. The van der Waals surface area contributed by atoms with E-state index in [-0.39, 0.29) is 11.8 Å². The predicted octanol–water partition coefficient (Wildman–Crippen LogP) is 2.70. The van der Waals surface area contributed by atoms with Crippen molar-refractivity contribution in [3.05, 3.63) is 46.2 Å². The second-order valence-electron chi connectivity index (χ2n) is 5.85. The first kappa shape index (κ1) is 18.4. The van der Waals surface area contributed by atoms with Crippen LogP contribution in [0.15, 0.2) is 30.6 Å². The van der Waals surface area contributed by atoms with Gasteiger partial charge >= 0.3 is 0 Å². The van der Waals surface area contributed by atoms with E-state index in [0.29, 0.717) is 53.4 Å². The second kappa shape index (κ2) is 7.88. The van der Waals surface area contributed by atoms with Crippen molar-refractivity contribution in [3.63, 3.8) is 0 Å². The summed E-state index contributed by atoms with van der Waals surface area (Å²) >= 11 is 11.8. The van der Waals surface area contributed by atoms with Crippen LogP contribution in [-0.2, 0) is 4.79 Å². The molecule has 0 atom stereocenters. The molecule has 3 rings (SSSR count). The number of rotatable bonds is 3. The summed E-state index contributed by atoms with van der Waals surface area (Å²) in [4.78, 5) is 36.0. The molecule has 2 heterocycles. The van der Waals surface area contributed by atoms with E-state index in [1.807, 2.05) is 4.90 Å². The van der Waals surface area contributed by atoms with Crippen LogP contribution in [0.2, 0.25) is 10.0 Å². The molecule has 136 valence electrons. The molecule has 7 nitrogen and oxygen atoms in total. The van der Waals surface area contributed by atoms with Crippen molar-refractivity contribution in [1.82, 2.24) is 14.9 Å². The van der Waals surface area contributed by atoms with Crippen molar-refractivity contribution < 1.29 is 9.59 Å². The van der Waals surface area contributed by atoms with Crippen molar-refractivity contribution in [1.29, 1.82) is 0 Å². The summed E-state index contributed by atoms with van der Waals surface area (Å²) in [6.45, 7) is 4.16. The van der Waals surface area contributed by atoms with Crippen LogP contribution in [-0.4, -0.2) is 52.9 Å². The minimum absolute atomic E-state index is 0.0693. The maximum Gasteiger partial charge on any atom is 0.258 e. The van der Waals surface area contributed by atoms with Crippen LogP contribution in [0.3, 0.4) is 0 Å². The monoisotopic (exact) mass is 393 g/mol. The third-order valence-electron chi connectivity index (χ3n) is 4.09. The number of carbonyl (C=O) groups is 2. The van der Waals surface area contributed by atoms with Gasteiger partial charge in [0.05, 0.1) is 15.6 Å². The number of amides is 2. The Labute approximate surface area is 160 Å². The van der Waals surface area contributed by atoms with Gasteiger partial charge in [-0.15, -0.1) is 0 Å². The highest BCUT2D eigenvalue weighted by Gasteiger charge is 2.20. The number of hydrogen-bond acceptors (Lipinski definition) is 5. The van der Waals surface area contributed by atoms with E-state index in [0.717, 1.165) is 0 Å². The predicted molar refractivity (Wildman–Crippen MR) is 101 cm³/mol. The van der Waals surface area contributed by atoms with E-state index < -0.39 is 0 Å². The van der Waals surface area contributed by atoms with Gasteiger partial charge in [0.2, 0.25) is 11.9 Å². The number of piperazine rings is 1. The molecule has 26 heavy (non-hydrogen) atoms. The molecule has 0 aliphatic carbocycles. The van der Waals surface area contributed by atoms with E-state index in [1.54, 1.807) is 30.0 Å². The zero-order valence-electron chi connectivity index (χ0n) is 14.1. The highest BCUT2D eigenvalue weighted by atomic mass is 35.5. The van der Waals surface area contributed by atoms with Gasteiger partial charge in [-0.1, -0.05) is 23.2 Å². The third-order valence-corrected chi connectivity index (χ3v) is 4.82. The third kappa shape index (κ3) is 4.23. The largest absolute Gasteiger partial charge is 0.339 e. The highest BCUT2D eigenvalue weighted by Crippen LogP contribution is 2.25. The standard InChI is InChI=1S/C17H17Cl2N5O2/c1-11(25)23-4-6-24(7-5-23)17-20-9-12(10-21-17)16(26)22-13-2-3-14(18)15(19)8-13/h2-3,8-10H,4-7H2,1H3,(H,22,26). The fourth-order valence-electron chi connectivity index (χ4n) is 2.60. The first-order valence-corrected chi connectivity index (χ1v) is 8.78. The SMILES string of the molecule is CC(=O)N1CCN(c2ncc(C(=O)Nc3ccc(Cl)c(Cl)c3)cn2)CC1. The molecule has 0 bridgehead atoms. The first-order valence-electron chi connectivity index (χ1n) is 8.03. The summed E-state index contributed by atoms with van der Waals surface area (Å²) in [5, 5.41) is 3.50. The number of nitrogens with zero attached hydrogens (tertiary/aromatic N) is 4. The van der Waals surface area contributed by atoms with E-state index >= 15 is 0 Å². The van der Waals surface area contributed by atoms with Gasteiger partial charge in [-0.3, -0.25) is 9.59 Å². The number of hydrogen-bond donors (Lipinski definition) is 1. The van der Waals surface area contributed by atoms with E-state index in [9.17, 15) is 9.59 Å². The topological polar surface area (TPSA) is 78.4 Å². The average molecular weight is 394 g/mol. The molecule has 2 aromatic rings. The summed E-state index contributed by atoms with van der Waals surface area (Å²) in [7, 11) is 0. The van der Waals surface area contributed by atoms with Crippen molar-refractivity contribution in [2.24, 2.45) is 0 Å². The minimum Gasteiger partial charge on any atom is -0.339 e. The van der Waals surface area contributed by atoms with Gasteiger partial charge in [0.1, 0.15) is 0 Å². The normalized spacial score (nSPS) is 14.3. The molecule has 1 aliphatic rings. The Kier molecular flexibility index (Phi) is 5.58. The lowest BCUT2D eigenvalue weighted by Crippen LogP contribution is -2.48. The molecule has 9 heteroatoms. The molecule has 1 aliphatic heterocycles. The van der Waals surface area contributed by atoms with Gasteiger partial charge in [0.15, 0.2) is 0 Å². The number of carbonyl (C=O) groups excluding carboxylic acids is 2. The first-order chi connectivity index (χ1) is 12.4. The van der Waals surface area contributed by atoms with Gasteiger partial charge < -0.3 is 15.1 Å². The van der Waals surface area contributed by atoms with E-state index in [4.69, 9.17) is 23.2 Å². The Bertz CT molecular complexity index is 820. The fraction of sp³-hybridized carbons (Fsp3) is 0.294.